The van der Waals surface area contributed by atoms with Crippen LogP contribution in [0.4, 0.5) is 11.4 Å². The minimum atomic E-state index is -0.182. The van der Waals surface area contributed by atoms with Gasteiger partial charge in [-0.15, -0.1) is 0 Å². The van der Waals surface area contributed by atoms with E-state index in [1.54, 1.807) is 18.2 Å². The van der Waals surface area contributed by atoms with Crippen LogP contribution in [0.5, 0.6) is 0 Å². The zero-order valence-electron chi connectivity index (χ0n) is 14.3. The van der Waals surface area contributed by atoms with E-state index in [2.05, 4.69) is 10.6 Å². The maximum Gasteiger partial charge on any atom is 0.228 e. The van der Waals surface area contributed by atoms with E-state index < -0.39 is 0 Å². The number of hydrogen-bond acceptors (Lipinski definition) is 3. The molecule has 0 radical (unpaired) electrons. The Labute approximate surface area is 146 Å². The zero-order valence-corrected chi connectivity index (χ0v) is 14.3. The Morgan fingerprint density at radius 3 is 2.64 bits per heavy atom. The third-order valence-electron chi connectivity index (χ3n) is 4.29. The van der Waals surface area contributed by atoms with Gasteiger partial charge in [-0.25, -0.2) is 0 Å². The maximum absolute atomic E-state index is 12.3. The Morgan fingerprint density at radius 1 is 1.08 bits per heavy atom. The van der Waals surface area contributed by atoms with E-state index in [1.165, 1.54) is 0 Å². The number of fused-ring (bicyclic) bond motifs is 1. The summed E-state index contributed by atoms with van der Waals surface area (Å²) in [4.78, 5) is 35.8. The predicted molar refractivity (Wildman–Crippen MR) is 96.9 cm³/mol. The number of carbonyl (C=O) groups excluding carboxylic acids is 3. The van der Waals surface area contributed by atoms with Crippen LogP contribution in [0.15, 0.2) is 36.4 Å². The molecule has 128 valence electrons. The molecule has 0 aromatic heterocycles. The van der Waals surface area contributed by atoms with Crippen molar-refractivity contribution in [2.24, 2.45) is 0 Å². The lowest BCUT2D eigenvalue weighted by Gasteiger charge is -2.09. The van der Waals surface area contributed by atoms with Crippen LogP contribution >= 0.6 is 0 Å². The van der Waals surface area contributed by atoms with E-state index >= 15 is 0 Å². The van der Waals surface area contributed by atoms with Gasteiger partial charge in [-0.05, 0) is 49.2 Å². The minimum Gasteiger partial charge on any atom is -0.326 e. The fraction of sp³-hybridized carbons (Fsp3) is 0.250. The standard InChI is InChI=1S/C20H20N2O3/c1-12-3-5-16(13(2)9-12)21-19(24)8-7-18(23)14-4-6-17-15(10-14)11-20(25)22-17/h3-6,9-10H,7-8,11H2,1-2H3,(H,21,24)(H,22,25). The number of hydrogen-bond donors (Lipinski definition) is 2. The Balaban J connectivity index is 1.58. The molecular weight excluding hydrogens is 316 g/mol. The number of carbonyl (C=O) groups is 3. The Morgan fingerprint density at radius 2 is 1.88 bits per heavy atom. The van der Waals surface area contributed by atoms with Crippen LogP contribution in [0.1, 0.15) is 39.9 Å². The third-order valence-corrected chi connectivity index (χ3v) is 4.29. The summed E-state index contributed by atoms with van der Waals surface area (Å²) in [5.41, 5.74) is 5.02. The first-order valence-electron chi connectivity index (χ1n) is 8.25. The third kappa shape index (κ3) is 3.94. The lowest BCUT2D eigenvalue weighted by atomic mass is 10.0. The SMILES string of the molecule is Cc1ccc(NC(=O)CCC(=O)c2ccc3c(c2)CC(=O)N3)c(C)c1. The highest BCUT2D eigenvalue weighted by Gasteiger charge is 2.19. The van der Waals surface area contributed by atoms with Gasteiger partial charge in [-0.3, -0.25) is 14.4 Å². The van der Waals surface area contributed by atoms with Crippen molar-refractivity contribution in [3.63, 3.8) is 0 Å². The van der Waals surface area contributed by atoms with E-state index in [0.717, 1.165) is 28.1 Å². The smallest absolute Gasteiger partial charge is 0.228 e. The van der Waals surface area contributed by atoms with E-state index in [0.29, 0.717) is 12.0 Å². The zero-order chi connectivity index (χ0) is 18.0. The largest absolute Gasteiger partial charge is 0.326 e. The number of anilines is 2. The summed E-state index contributed by atoms with van der Waals surface area (Å²) < 4.78 is 0. The van der Waals surface area contributed by atoms with Crippen molar-refractivity contribution in [1.29, 1.82) is 0 Å². The van der Waals surface area contributed by atoms with Gasteiger partial charge >= 0.3 is 0 Å². The number of Topliss-reactive ketones (excluding diaryl/α,β-unsaturated/α-hetero) is 1. The summed E-state index contributed by atoms with van der Waals surface area (Å²) in [5, 5.41) is 5.58. The molecule has 0 saturated heterocycles. The highest BCUT2D eigenvalue weighted by Crippen LogP contribution is 2.24. The van der Waals surface area contributed by atoms with Crippen LogP contribution in [-0.4, -0.2) is 17.6 Å². The number of benzene rings is 2. The molecule has 3 rings (SSSR count). The molecule has 0 saturated carbocycles. The van der Waals surface area contributed by atoms with Gasteiger partial charge in [-0.2, -0.15) is 0 Å². The lowest BCUT2D eigenvalue weighted by Crippen LogP contribution is -2.14. The molecule has 0 aliphatic carbocycles. The second-order valence-corrected chi connectivity index (χ2v) is 6.39. The fourth-order valence-electron chi connectivity index (χ4n) is 2.94. The topological polar surface area (TPSA) is 75.3 Å². The molecule has 2 N–H and O–H groups in total. The first-order valence-corrected chi connectivity index (χ1v) is 8.25. The van der Waals surface area contributed by atoms with Gasteiger partial charge in [0, 0.05) is 29.8 Å². The first kappa shape index (κ1) is 16.9. The highest BCUT2D eigenvalue weighted by molar-refractivity contribution is 6.03. The second kappa shape index (κ2) is 6.89. The molecule has 0 bridgehead atoms. The van der Waals surface area contributed by atoms with Gasteiger partial charge in [-0.1, -0.05) is 17.7 Å². The molecule has 5 nitrogen and oxygen atoms in total. The summed E-state index contributed by atoms with van der Waals surface area (Å²) in [6, 6.07) is 11.0. The van der Waals surface area contributed by atoms with E-state index in [9.17, 15) is 14.4 Å². The van der Waals surface area contributed by atoms with E-state index in [4.69, 9.17) is 0 Å². The molecule has 0 unspecified atom stereocenters. The highest BCUT2D eigenvalue weighted by atomic mass is 16.2. The van der Waals surface area contributed by atoms with Gasteiger partial charge in [0.05, 0.1) is 6.42 Å². The molecular formula is C20H20N2O3. The van der Waals surface area contributed by atoms with Gasteiger partial charge in [0.1, 0.15) is 0 Å². The number of amides is 2. The average Bonchev–Trinajstić information content (AvgIpc) is 2.94. The van der Waals surface area contributed by atoms with Gasteiger partial charge in [0.25, 0.3) is 0 Å². The number of rotatable bonds is 5. The summed E-state index contributed by atoms with van der Waals surface area (Å²) in [5.74, 6) is -0.344. The normalized spacial score (nSPS) is 12.5. The van der Waals surface area contributed by atoms with Gasteiger partial charge in [0.2, 0.25) is 11.8 Å². The average molecular weight is 336 g/mol. The van der Waals surface area contributed by atoms with Gasteiger partial charge in [0.15, 0.2) is 5.78 Å². The Hall–Kier alpha value is -2.95. The second-order valence-electron chi connectivity index (χ2n) is 6.39. The summed E-state index contributed by atoms with van der Waals surface area (Å²) >= 11 is 0. The molecule has 2 aromatic rings. The van der Waals surface area contributed by atoms with E-state index in [1.807, 2.05) is 32.0 Å². The summed E-state index contributed by atoms with van der Waals surface area (Å²) in [6.45, 7) is 3.94. The van der Waals surface area contributed by atoms with Crippen molar-refractivity contribution in [2.45, 2.75) is 33.1 Å². The van der Waals surface area contributed by atoms with Crippen LogP contribution < -0.4 is 10.6 Å². The molecule has 1 heterocycles. The van der Waals surface area contributed by atoms with Crippen molar-refractivity contribution < 1.29 is 14.4 Å². The van der Waals surface area contributed by atoms with Crippen LogP contribution in [0.2, 0.25) is 0 Å². The lowest BCUT2D eigenvalue weighted by molar-refractivity contribution is -0.116. The monoisotopic (exact) mass is 336 g/mol. The van der Waals surface area contributed by atoms with E-state index in [-0.39, 0.29) is 30.4 Å². The number of nitrogens with one attached hydrogen (secondary N) is 2. The molecule has 1 aliphatic heterocycles. The quantitative estimate of drug-likeness (QED) is 0.822. The summed E-state index contributed by atoms with van der Waals surface area (Å²) in [6.07, 6.45) is 0.557. The molecule has 5 heteroatoms. The molecule has 0 fully saturated rings. The van der Waals surface area contributed by atoms with Crippen LogP contribution in [0.25, 0.3) is 0 Å². The van der Waals surface area contributed by atoms with Crippen LogP contribution in [-0.2, 0) is 16.0 Å². The fourth-order valence-corrected chi connectivity index (χ4v) is 2.94. The molecule has 25 heavy (non-hydrogen) atoms. The molecule has 0 spiro atoms. The van der Waals surface area contributed by atoms with Crippen molar-refractivity contribution in [3.8, 4) is 0 Å². The predicted octanol–water partition coefficient (Wildman–Crippen LogP) is 3.40. The minimum absolute atomic E-state index is 0.0626. The molecule has 2 amide bonds. The number of ketones is 1. The van der Waals surface area contributed by atoms with Crippen LogP contribution in [0, 0.1) is 13.8 Å². The van der Waals surface area contributed by atoms with Crippen molar-refractivity contribution >= 4 is 29.0 Å². The summed E-state index contributed by atoms with van der Waals surface area (Å²) in [7, 11) is 0. The van der Waals surface area contributed by atoms with Gasteiger partial charge < -0.3 is 10.6 Å². The van der Waals surface area contributed by atoms with Crippen molar-refractivity contribution in [1.82, 2.24) is 0 Å². The number of aryl methyl sites for hydroxylation is 2. The Kier molecular flexibility index (Phi) is 4.65. The van der Waals surface area contributed by atoms with Crippen molar-refractivity contribution in [2.75, 3.05) is 10.6 Å². The first-order chi connectivity index (χ1) is 11.9. The molecule has 2 aromatic carbocycles. The molecule has 0 atom stereocenters. The van der Waals surface area contributed by atoms with Crippen molar-refractivity contribution in [3.05, 3.63) is 58.7 Å². The maximum atomic E-state index is 12.3. The van der Waals surface area contributed by atoms with Crippen LogP contribution in [0.3, 0.4) is 0 Å². The Bertz CT molecular complexity index is 871. The molecule has 1 aliphatic rings.